The first kappa shape index (κ1) is 16.6. The minimum Gasteiger partial charge on any atom is -0.339 e. The predicted molar refractivity (Wildman–Crippen MR) is 99.4 cm³/mol. The van der Waals surface area contributed by atoms with Crippen molar-refractivity contribution in [3.8, 4) is 22.6 Å². The van der Waals surface area contributed by atoms with E-state index in [1.54, 1.807) is 29.5 Å². The summed E-state index contributed by atoms with van der Waals surface area (Å²) in [7, 11) is 0. The number of nitrogens with zero attached hydrogens (tertiary/aromatic N) is 3. The molecule has 2 heterocycles. The van der Waals surface area contributed by atoms with Gasteiger partial charge in [-0.25, -0.2) is 9.37 Å². The summed E-state index contributed by atoms with van der Waals surface area (Å²) in [5.74, 6) is 0.614. The average Bonchev–Trinajstić information content (AvgIpc) is 3.33. The van der Waals surface area contributed by atoms with Gasteiger partial charge in [0.05, 0.1) is 17.1 Å². The summed E-state index contributed by atoms with van der Waals surface area (Å²) in [6, 6.07) is 14.5. The lowest BCUT2D eigenvalue weighted by molar-refractivity contribution is 0.384. The molecular weight excluding hydrogens is 349 g/mol. The average molecular weight is 365 g/mol. The maximum absolute atomic E-state index is 13.7. The standard InChI is InChI=1S/C20H16FN3OS/c1-2-19-22-17(12-26-19)13-7-9-14(10-8-13)20-23-18(25-24-20)11-15-5-3-4-6-16(15)21/h3-10,12H,2,11H2,1H3. The molecule has 2 aromatic heterocycles. The molecule has 0 unspecified atom stereocenters. The first-order valence-corrected chi connectivity index (χ1v) is 9.22. The monoisotopic (exact) mass is 365 g/mol. The molecule has 4 nitrogen and oxygen atoms in total. The molecule has 0 spiro atoms. The van der Waals surface area contributed by atoms with Crippen LogP contribution in [-0.2, 0) is 12.8 Å². The molecule has 0 N–H and O–H groups in total. The van der Waals surface area contributed by atoms with Crippen molar-refractivity contribution in [2.24, 2.45) is 0 Å². The number of aromatic nitrogens is 3. The Labute approximate surface area is 154 Å². The van der Waals surface area contributed by atoms with E-state index in [-0.39, 0.29) is 12.2 Å². The largest absolute Gasteiger partial charge is 0.339 e. The number of benzene rings is 2. The van der Waals surface area contributed by atoms with Gasteiger partial charge in [0.15, 0.2) is 0 Å². The van der Waals surface area contributed by atoms with E-state index >= 15 is 0 Å². The number of hydrogen-bond acceptors (Lipinski definition) is 5. The molecule has 2 aromatic carbocycles. The third-order valence-corrected chi connectivity index (χ3v) is 5.05. The highest BCUT2D eigenvalue weighted by atomic mass is 32.1. The fourth-order valence-electron chi connectivity index (χ4n) is 2.64. The second kappa shape index (κ2) is 7.17. The number of thiazole rings is 1. The Kier molecular flexibility index (Phi) is 4.58. The summed E-state index contributed by atoms with van der Waals surface area (Å²) in [6.45, 7) is 2.10. The maximum Gasteiger partial charge on any atom is 0.231 e. The summed E-state index contributed by atoms with van der Waals surface area (Å²) in [5.41, 5.74) is 3.42. The highest BCUT2D eigenvalue weighted by Crippen LogP contribution is 2.25. The van der Waals surface area contributed by atoms with Crippen LogP contribution in [0.25, 0.3) is 22.6 Å². The van der Waals surface area contributed by atoms with Crippen LogP contribution in [0.5, 0.6) is 0 Å². The number of rotatable bonds is 5. The number of hydrogen-bond donors (Lipinski definition) is 0. The normalized spacial score (nSPS) is 11.0. The van der Waals surface area contributed by atoms with Crippen LogP contribution in [0.3, 0.4) is 0 Å². The molecule has 6 heteroatoms. The second-order valence-electron chi connectivity index (χ2n) is 5.84. The van der Waals surface area contributed by atoms with Crippen molar-refractivity contribution in [1.29, 1.82) is 0 Å². The zero-order valence-electron chi connectivity index (χ0n) is 14.1. The summed E-state index contributed by atoms with van der Waals surface area (Å²) >= 11 is 1.67. The van der Waals surface area contributed by atoms with Gasteiger partial charge in [0, 0.05) is 16.5 Å². The van der Waals surface area contributed by atoms with Crippen LogP contribution in [0.15, 0.2) is 58.4 Å². The van der Waals surface area contributed by atoms with Crippen molar-refractivity contribution in [2.75, 3.05) is 0 Å². The fraction of sp³-hybridized carbons (Fsp3) is 0.150. The maximum atomic E-state index is 13.7. The SMILES string of the molecule is CCc1nc(-c2ccc(-c3noc(Cc4ccccc4F)n3)cc2)cs1. The Bertz CT molecular complexity index is 1020. The molecule has 0 atom stereocenters. The predicted octanol–water partition coefficient (Wildman–Crippen LogP) is 5.15. The molecule has 0 aliphatic rings. The summed E-state index contributed by atoms with van der Waals surface area (Å²) in [5, 5.41) is 7.20. The fourth-order valence-corrected chi connectivity index (χ4v) is 3.40. The Morgan fingerprint density at radius 1 is 1.00 bits per heavy atom. The number of halogens is 1. The molecule has 0 aliphatic carbocycles. The van der Waals surface area contributed by atoms with E-state index in [2.05, 4.69) is 27.4 Å². The summed E-state index contributed by atoms with van der Waals surface area (Å²) < 4.78 is 19.0. The van der Waals surface area contributed by atoms with Gasteiger partial charge in [-0.15, -0.1) is 11.3 Å². The zero-order valence-corrected chi connectivity index (χ0v) is 15.0. The topological polar surface area (TPSA) is 51.8 Å². The molecule has 0 bridgehead atoms. The minimum atomic E-state index is -0.272. The molecule has 130 valence electrons. The molecule has 4 rings (SSSR count). The van der Waals surface area contributed by atoms with Crippen LogP contribution in [0.2, 0.25) is 0 Å². The van der Waals surface area contributed by atoms with Gasteiger partial charge >= 0.3 is 0 Å². The molecular formula is C20H16FN3OS. The molecule has 0 amide bonds. The van der Waals surface area contributed by atoms with E-state index in [1.807, 2.05) is 24.3 Å². The molecule has 0 fully saturated rings. The molecule has 26 heavy (non-hydrogen) atoms. The van der Waals surface area contributed by atoms with Gasteiger partial charge in [-0.05, 0) is 18.1 Å². The van der Waals surface area contributed by atoms with E-state index in [1.165, 1.54) is 6.07 Å². The van der Waals surface area contributed by atoms with E-state index in [9.17, 15) is 4.39 Å². The van der Waals surface area contributed by atoms with Crippen LogP contribution in [0.4, 0.5) is 4.39 Å². The molecule has 4 aromatic rings. The number of aryl methyl sites for hydroxylation is 1. The Morgan fingerprint density at radius 2 is 1.77 bits per heavy atom. The zero-order chi connectivity index (χ0) is 17.9. The van der Waals surface area contributed by atoms with Gasteiger partial charge in [0.25, 0.3) is 0 Å². The molecule has 0 saturated heterocycles. The lowest BCUT2D eigenvalue weighted by Crippen LogP contribution is -1.92. The smallest absolute Gasteiger partial charge is 0.231 e. The van der Waals surface area contributed by atoms with E-state index in [0.29, 0.717) is 17.3 Å². The second-order valence-corrected chi connectivity index (χ2v) is 6.78. The van der Waals surface area contributed by atoms with Crippen LogP contribution >= 0.6 is 11.3 Å². The highest BCUT2D eigenvalue weighted by molar-refractivity contribution is 7.09. The third-order valence-electron chi connectivity index (χ3n) is 4.06. The Morgan fingerprint density at radius 3 is 2.50 bits per heavy atom. The van der Waals surface area contributed by atoms with Crippen molar-refractivity contribution >= 4 is 11.3 Å². The lowest BCUT2D eigenvalue weighted by atomic mass is 10.1. The van der Waals surface area contributed by atoms with Gasteiger partial charge in [-0.2, -0.15) is 4.98 Å². The van der Waals surface area contributed by atoms with Gasteiger partial charge in [0.1, 0.15) is 5.82 Å². The van der Waals surface area contributed by atoms with Crippen LogP contribution in [0.1, 0.15) is 23.4 Å². The van der Waals surface area contributed by atoms with Crippen molar-refractivity contribution in [1.82, 2.24) is 15.1 Å². The van der Waals surface area contributed by atoms with E-state index < -0.39 is 0 Å². The van der Waals surface area contributed by atoms with Crippen molar-refractivity contribution in [3.63, 3.8) is 0 Å². The van der Waals surface area contributed by atoms with Gasteiger partial charge in [-0.1, -0.05) is 54.5 Å². The minimum absolute atomic E-state index is 0.272. The van der Waals surface area contributed by atoms with Crippen molar-refractivity contribution < 1.29 is 8.91 Å². The third kappa shape index (κ3) is 3.41. The first-order chi connectivity index (χ1) is 12.7. The molecule has 0 radical (unpaired) electrons. The lowest BCUT2D eigenvalue weighted by Gasteiger charge is -1.99. The quantitative estimate of drug-likeness (QED) is 0.491. The first-order valence-electron chi connectivity index (χ1n) is 8.34. The van der Waals surface area contributed by atoms with Crippen molar-refractivity contribution in [2.45, 2.75) is 19.8 Å². The Balaban J connectivity index is 1.53. The molecule has 0 saturated carbocycles. The van der Waals surface area contributed by atoms with Gasteiger partial charge in [-0.3, -0.25) is 0 Å². The summed E-state index contributed by atoms with van der Waals surface area (Å²) in [4.78, 5) is 8.97. The van der Waals surface area contributed by atoms with Gasteiger partial charge < -0.3 is 4.52 Å². The molecule has 0 aliphatic heterocycles. The highest BCUT2D eigenvalue weighted by Gasteiger charge is 2.12. The van der Waals surface area contributed by atoms with E-state index in [4.69, 9.17) is 4.52 Å². The van der Waals surface area contributed by atoms with Crippen LogP contribution in [-0.4, -0.2) is 15.1 Å². The van der Waals surface area contributed by atoms with Gasteiger partial charge in [0.2, 0.25) is 11.7 Å². The van der Waals surface area contributed by atoms with Crippen molar-refractivity contribution in [3.05, 3.63) is 76.2 Å². The van der Waals surface area contributed by atoms with Crippen LogP contribution in [0, 0.1) is 5.82 Å². The van der Waals surface area contributed by atoms with Crippen LogP contribution < -0.4 is 0 Å². The summed E-state index contributed by atoms with van der Waals surface area (Å²) in [6.07, 6.45) is 1.22. The Hall–Kier alpha value is -2.86. The van der Waals surface area contributed by atoms with E-state index in [0.717, 1.165) is 28.2 Å².